The molecule has 136 valence electrons. The molecule has 2 aromatic rings. The second-order valence-electron chi connectivity index (χ2n) is 5.47. The molecule has 0 bridgehead atoms. The first-order valence-corrected chi connectivity index (χ1v) is 8.99. The number of aromatic nitrogens is 2. The molecule has 0 amide bonds. The number of hydrogen-bond acceptors (Lipinski definition) is 4. The average Bonchev–Trinajstić information content (AvgIpc) is 3.07. The third-order valence-corrected chi connectivity index (χ3v) is 3.79. The van der Waals surface area contributed by atoms with Crippen molar-refractivity contribution < 1.29 is 9.47 Å². The smallest absolute Gasteiger partial charge is 0.180 e. The van der Waals surface area contributed by atoms with Crippen molar-refractivity contribution >= 4 is 23.0 Å². The molecule has 0 spiro atoms. The molecule has 0 atom stereocenters. The van der Waals surface area contributed by atoms with Gasteiger partial charge in [0.15, 0.2) is 11.8 Å². The zero-order chi connectivity index (χ0) is 17.9. The van der Waals surface area contributed by atoms with Gasteiger partial charge >= 0.3 is 0 Å². The molecule has 0 fully saturated rings. The lowest BCUT2D eigenvalue weighted by Gasteiger charge is -2.09. The molecule has 1 aromatic carbocycles. The van der Waals surface area contributed by atoms with Gasteiger partial charge in [-0.15, -0.1) is 0 Å². The fourth-order valence-corrected chi connectivity index (χ4v) is 2.38. The van der Waals surface area contributed by atoms with Crippen molar-refractivity contribution in [2.45, 2.75) is 33.4 Å². The fraction of sp³-hybridized carbons (Fsp3) is 0.444. The summed E-state index contributed by atoms with van der Waals surface area (Å²) in [4.78, 5) is 0. The largest absolute Gasteiger partial charge is 0.471 e. The molecule has 2 rings (SSSR count). The van der Waals surface area contributed by atoms with Gasteiger partial charge in [-0.05, 0) is 49.7 Å². The summed E-state index contributed by atoms with van der Waals surface area (Å²) in [6.07, 6.45) is 5.51. The summed E-state index contributed by atoms with van der Waals surface area (Å²) in [7, 11) is 0. The van der Waals surface area contributed by atoms with Crippen LogP contribution in [0.25, 0.3) is 0 Å². The standard InChI is InChI=1S/C18H26N4O2S/c1-3-15-6-8-17(9-7-15)24-14-22-13-16(12-20-22)21-18(25)19-10-5-11-23-4-2/h6-9,12-13H,3-5,10-11,14H2,1-2H3,(H2,19,21,25). The number of benzene rings is 1. The SMILES string of the molecule is CCOCCCNC(=S)Nc1cnn(COc2ccc(CC)cc2)c1. The number of nitrogens with one attached hydrogen (secondary N) is 2. The first-order chi connectivity index (χ1) is 12.2. The fourth-order valence-electron chi connectivity index (χ4n) is 2.16. The van der Waals surface area contributed by atoms with Gasteiger partial charge in [0.05, 0.1) is 18.1 Å². The highest BCUT2D eigenvalue weighted by Gasteiger charge is 2.02. The van der Waals surface area contributed by atoms with Crippen LogP contribution in [0.1, 0.15) is 25.8 Å². The van der Waals surface area contributed by atoms with Crippen LogP contribution in [0.2, 0.25) is 0 Å². The third kappa shape index (κ3) is 7.11. The van der Waals surface area contributed by atoms with Crippen molar-refractivity contribution in [2.75, 3.05) is 25.1 Å². The van der Waals surface area contributed by atoms with E-state index >= 15 is 0 Å². The lowest BCUT2D eigenvalue weighted by atomic mass is 10.2. The number of aryl methyl sites for hydroxylation is 1. The summed E-state index contributed by atoms with van der Waals surface area (Å²) >= 11 is 5.26. The van der Waals surface area contributed by atoms with Crippen LogP contribution in [0.15, 0.2) is 36.7 Å². The first-order valence-electron chi connectivity index (χ1n) is 8.58. The van der Waals surface area contributed by atoms with Crippen LogP contribution in [0.5, 0.6) is 5.75 Å². The molecule has 0 aliphatic rings. The van der Waals surface area contributed by atoms with Crippen molar-refractivity contribution in [1.82, 2.24) is 15.1 Å². The van der Waals surface area contributed by atoms with Gasteiger partial charge in [0, 0.05) is 19.8 Å². The Morgan fingerprint density at radius 1 is 1.24 bits per heavy atom. The zero-order valence-corrected chi connectivity index (χ0v) is 15.6. The van der Waals surface area contributed by atoms with Gasteiger partial charge in [-0.2, -0.15) is 5.10 Å². The van der Waals surface area contributed by atoms with E-state index in [0.717, 1.165) is 44.0 Å². The maximum atomic E-state index is 5.72. The number of hydrogen-bond donors (Lipinski definition) is 2. The Morgan fingerprint density at radius 3 is 2.76 bits per heavy atom. The molecule has 0 radical (unpaired) electrons. The molecule has 1 aromatic heterocycles. The van der Waals surface area contributed by atoms with Crippen LogP contribution in [0.3, 0.4) is 0 Å². The van der Waals surface area contributed by atoms with E-state index in [1.807, 2.05) is 25.3 Å². The van der Waals surface area contributed by atoms with Crippen molar-refractivity contribution in [2.24, 2.45) is 0 Å². The molecule has 25 heavy (non-hydrogen) atoms. The Kier molecular flexibility index (Phi) is 8.21. The van der Waals surface area contributed by atoms with Gasteiger partial charge in [-0.25, -0.2) is 4.68 Å². The van der Waals surface area contributed by atoms with Crippen LogP contribution < -0.4 is 15.4 Å². The number of nitrogens with zero attached hydrogens (tertiary/aromatic N) is 2. The van der Waals surface area contributed by atoms with E-state index in [-0.39, 0.29) is 0 Å². The second-order valence-corrected chi connectivity index (χ2v) is 5.88. The van der Waals surface area contributed by atoms with E-state index in [0.29, 0.717) is 11.8 Å². The van der Waals surface area contributed by atoms with E-state index in [1.165, 1.54) is 5.56 Å². The highest BCUT2D eigenvalue weighted by atomic mass is 32.1. The predicted octanol–water partition coefficient (Wildman–Crippen LogP) is 3.20. The first kappa shape index (κ1) is 19.2. The monoisotopic (exact) mass is 362 g/mol. The molecule has 1 heterocycles. The molecular formula is C18H26N4O2S. The lowest BCUT2D eigenvalue weighted by molar-refractivity contribution is 0.146. The average molecular weight is 362 g/mol. The molecule has 0 saturated heterocycles. The molecular weight excluding hydrogens is 336 g/mol. The minimum atomic E-state index is 0.349. The van der Waals surface area contributed by atoms with Gasteiger partial charge < -0.3 is 20.1 Å². The van der Waals surface area contributed by atoms with Gasteiger partial charge in [0.1, 0.15) is 5.75 Å². The van der Waals surface area contributed by atoms with Gasteiger partial charge in [0.25, 0.3) is 0 Å². The summed E-state index contributed by atoms with van der Waals surface area (Å²) in [5.41, 5.74) is 2.12. The molecule has 2 N–H and O–H groups in total. The Labute approximate surface area is 154 Å². The summed E-state index contributed by atoms with van der Waals surface area (Å²) in [6, 6.07) is 8.09. The molecule has 0 aliphatic carbocycles. The number of ether oxygens (including phenoxy) is 2. The van der Waals surface area contributed by atoms with Crippen molar-refractivity contribution in [3.8, 4) is 5.75 Å². The number of thiocarbonyl (C=S) groups is 1. The quantitative estimate of drug-likeness (QED) is 0.500. The van der Waals surface area contributed by atoms with Crippen LogP contribution in [-0.4, -0.2) is 34.7 Å². The summed E-state index contributed by atoms with van der Waals surface area (Å²) in [5, 5.41) is 11.1. The summed E-state index contributed by atoms with van der Waals surface area (Å²) < 4.78 is 12.7. The van der Waals surface area contributed by atoms with Crippen LogP contribution in [0.4, 0.5) is 5.69 Å². The molecule has 0 unspecified atom stereocenters. The van der Waals surface area contributed by atoms with E-state index in [9.17, 15) is 0 Å². The van der Waals surface area contributed by atoms with Crippen molar-refractivity contribution in [1.29, 1.82) is 0 Å². The van der Waals surface area contributed by atoms with Crippen LogP contribution >= 0.6 is 12.2 Å². The number of rotatable bonds is 10. The Morgan fingerprint density at radius 2 is 2.04 bits per heavy atom. The minimum Gasteiger partial charge on any atom is -0.471 e. The summed E-state index contributed by atoms with van der Waals surface area (Å²) in [5.74, 6) is 0.827. The van der Waals surface area contributed by atoms with Crippen molar-refractivity contribution in [3.05, 3.63) is 42.2 Å². The Hall–Kier alpha value is -2.12. The van der Waals surface area contributed by atoms with Gasteiger partial charge in [-0.3, -0.25) is 0 Å². The van der Waals surface area contributed by atoms with Gasteiger partial charge in [0.2, 0.25) is 0 Å². The Balaban J connectivity index is 1.71. The topological polar surface area (TPSA) is 60.3 Å². The minimum absolute atomic E-state index is 0.349. The van der Waals surface area contributed by atoms with E-state index in [4.69, 9.17) is 21.7 Å². The lowest BCUT2D eigenvalue weighted by Crippen LogP contribution is -2.29. The molecule has 0 aliphatic heterocycles. The third-order valence-electron chi connectivity index (χ3n) is 3.54. The van der Waals surface area contributed by atoms with Gasteiger partial charge in [-0.1, -0.05) is 19.1 Å². The van der Waals surface area contributed by atoms with Crippen LogP contribution in [0, 0.1) is 0 Å². The molecule has 6 nitrogen and oxygen atoms in total. The predicted molar refractivity (Wildman–Crippen MR) is 104 cm³/mol. The molecule has 7 heteroatoms. The highest BCUT2D eigenvalue weighted by molar-refractivity contribution is 7.80. The maximum absolute atomic E-state index is 5.72. The zero-order valence-electron chi connectivity index (χ0n) is 14.8. The Bertz CT molecular complexity index is 643. The van der Waals surface area contributed by atoms with E-state index in [1.54, 1.807) is 10.9 Å². The number of anilines is 1. The maximum Gasteiger partial charge on any atom is 0.180 e. The normalized spacial score (nSPS) is 10.5. The second kappa shape index (κ2) is 10.7. The van der Waals surface area contributed by atoms with E-state index < -0.39 is 0 Å². The molecule has 0 saturated carbocycles. The van der Waals surface area contributed by atoms with E-state index in [2.05, 4.69) is 34.8 Å². The van der Waals surface area contributed by atoms with Crippen molar-refractivity contribution in [3.63, 3.8) is 0 Å². The summed E-state index contributed by atoms with van der Waals surface area (Å²) in [6.45, 7) is 6.72. The van der Waals surface area contributed by atoms with Crippen LogP contribution in [-0.2, 0) is 17.9 Å². The highest BCUT2D eigenvalue weighted by Crippen LogP contribution is 2.13.